The van der Waals surface area contributed by atoms with Crippen LogP contribution in [0.2, 0.25) is 0 Å². The first-order chi connectivity index (χ1) is 13.1. The number of amides is 1. The Morgan fingerprint density at radius 3 is 2.74 bits per heavy atom. The van der Waals surface area contributed by atoms with E-state index in [2.05, 4.69) is 20.4 Å². The molecule has 4 aromatic rings. The van der Waals surface area contributed by atoms with Gasteiger partial charge in [0.25, 0.3) is 11.1 Å². The van der Waals surface area contributed by atoms with Crippen LogP contribution in [0.3, 0.4) is 0 Å². The molecule has 0 saturated heterocycles. The molecule has 0 fully saturated rings. The average Bonchev–Trinajstić information content (AvgIpc) is 3.15. The zero-order valence-electron chi connectivity index (χ0n) is 13.9. The van der Waals surface area contributed by atoms with Gasteiger partial charge in [-0.2, -0.15) is 0 Å². The van der Waals surface area contributed by atoms with Crippen molar-refractivity contribution in [3.8, 4) is 11.3 Å². The number of benzene rings is 1. The van der Waals surface area contributed by atoms with Crippen molar-refractivity contribution in [2.24, 2.45) is 0 Å². The predicted molar refractivity (Wildman–Crippen MR) is 103 cm³/mol. The molecule has 0 aliphatic rings. The summed E-state index contributed by atoms with van der Waals surface area (Å²) < 4.78 is 0.996. The summed E-state index contributed by atoms with van der Waals surface area (Å²) in [5, 5.41) is 7.83. The van der Waals surface area contributed by atoms with Gasteiger partial charge in [0.1, 0.15) is 6.54 Å². The number of H-pyrrole nitrogens is 1. The van der Waals surface area contributed by atoms with Gasteiger partial charge in [-0.1, -0.05) is 12.1 Å². The maximum Gasteiger partial charge on any atom is 0.273 e. The van der Waals surface area contributed by atoms with Crippen molar-refractivity contribution in [3.05, 3.63) is 74.9 Å². The van der Waals surface area contributed by atoms with Gasteiger partial charge in [-0.05, 0) is 24.3 Å². The highest BCUT2D eigenvalue weighted by atomic mass is 32.1. The SMILES string of the molecule is O=C(Cn1[nH]c(=O)c2ccccc2c1=O)Nc1nc(-c2cccnc2)cs1. The van der Waals surface area contributed by atoms with Gasteiger partial charge in [-0.15, -0.1) is 11.3 Å². The van der Waals surface area contributed by atoms with E-state index in [9.17, 15) is 14.4 Å². The number of fused-ring (bicyclic) bond motifs is 1. The Morgan fingerprint density at radius 2 is 1.96 bits per heavy atom. The molecule has 134 valence electrons. The summed E-state index contributed by atoms with van der Waals surface area (Å²) in [7, 11) is 0. The highest BCUT2D eigenvalue weighted by Crippen LogP contribution is 2.23. The molecule has 3 aromatic heterocycles. The van der Waals surface area contributed by atoms with Crippen LogP contribution in [0, 0.1) is 0 Å². The molecule has 0 aliphatic heterocycles. The quantitative estimate of drug-likeness (QED) is 0.562. The molecule has 0 unspecified atom stereocenters. The number of aromatic nitrogens is 4. The number of thiazole rings is 1. The van der Waals surface area contributed by atoms with Crippen LogP contribution in [0.5, 0.6) is 0 Å². The van der Waals surface area contributed by atoms with E-state index in [1.165, 1.54) is 11.3 Å². The lowest BCUT2D eigenvalue weighted by Gasteiger charge is -2.06. The van der Waals surface area contributed by atoms with Crippen molar-refractivity contribution >= 4 is 33.1 Å². The summed E-state index contributed by atoms with van der Waals surface area (Å²) >= 11 is 1.26. The molecule has 1 aromatic carbocycles. The molecule has 9 heteroatoms. The second-order valence-corrected chi connectivity index (χ2v) is 6.56. The fourth-order valence-corrected chi connectivity index (χ4v) is 3.37. The number of aromatic amines is 1. The van der Waals surface area contributed by atoms with Gasteiger partial charge < -0.3 is 5.32 Å². The Bertz CT molecular complexity index is 1240. The van der Waals surface area contributed by atoms with Crippen LogP contribution in [0.25, 0.3) is 22.0 Å². The van der Waals surface area contributed by atoms with Gasteiger partial charge in [0.15, 0.2) is 5.13 Å². The van der Waals surface area contributed by atoms with Crippen molar-refractivity contribution in [3.63, 3.8) is 0 Å². The van der Waals surface area contributed by atoms with Gasteiger partial charge in [-0.3, -0.25) is 24.5 Å². The van der Waals surface area contributed by atoms with Crippen molar-refractivity contribution < 1.29 is 4.79 Å². The number of hydrogen-bond donors (Lipinski definition) is 2. The van der Waals surface area contributed by atoms with Crippen LogP contribution in [0.15, 0.2) is 63.8 Å². The zero-order valence-corrected chi connectivity index (χ0v) is 14.7. The van der Waals surface area contributed by atoms with Crippen molar-refractivity contribution in [1.29, 1.82) is 0 Å². The first-order valence-electron chi connectivity index (χ1n) is 7.99. The molecule has 0 atom stereocenters. The molecule has 0 aliphatic carbocycles. The summed E-state index contributed by atoms with van der Waals surface area (Å²) in [5.74, 6) is -0.463. The third-order valence-electron chi connectivity index (χ3n) is 3.89. The Labute approximate surface area is 156 Å². The van der Waals surface area contributed by atoms with Crippen LogP contribution in [0.1, 0.15) is 0 Å². The Hall–Kier alpha value is -3.59. The predicted octanol–water partition coefficient (Wildman–Crippen LogP) is 1.85. The summed E-state index contributed by atoms with van der Waals surface area (Å²) in [4.78, 5) is 45.2. The Kier molecular flexibility index (Phi) is 4.35. The fourth-order valence-electron chi connectivity index (χ4n) is 2.64. The van der Waals surface area contributed by atoms with Crippen LogP contribution < -0.4 is 16.4 Å². The van der Waals surface area contributed by atoms with Crippen molar-refractivity contribution in [2.45, 2.75) is 6.54 Å². The number of nitrogens with zero attached hydrogens (tertiary/aromatic N) is 3. The molecule has 2 N–H and O–H groups in total. The van der Waals surface area contributed by atoms with E-state index in [0.717, 1.165) is 10.2 Å². The smallest absolute Gasteiger partial charge is 0.273 e. The third-order valence-corrected chi connectivity index (χ3v) is 4.65. The maximum atomic E-state index is 12.5. The lowest BCUT2D eigenvalue weighted by molar-refractivity contribution is -0.117. The standard InChI is InChI=1S/C18H13N5O3S/c24-15(21-18-20-14(10-27-18)11-4-3-7-19-8-11)9-23-17(26)13-6-2-1-5-12(13)16(25)22-23/h1-8,10H,9H2,(H,22,25)(H,20,21,24). The second kappa shape index (κ2) is 6.96. The van der Waals surface area contributed by atoms with Crippen LogP contribution in [-0.4, -0.2) is 25.7 Å². The molecule has 3 heterocycles. The van der Waals surface area contributed by atoms with E-state index >= 15 is 0 Å². The van der Waals surface area contributed by atoms with Gasteiger partial charge in [0.2, 0.25) is 5.91 Å². The molecule has 8 nitrogen and oxygen atoms in total. The number of rotatable bonds is 4. The topological polar surface area (TPSA) is 110 Å². The Morgan fingerprint density at radius 1 is 1.15 bits per heavy atom. The second-order valence-electron chi connectivity index (χ2n) is 5.71. The van der Waals surface area contributed by atoms with E-state index in [-0.39, 0.29) is 11.9 Å². The molecule has 0 radical (unpaired) electrons. The lowest BCUT2D eigenvalue weighted by atomic mass is 10.2. The van der Waals surface area contributed by atoms with E-state index in [1.54, 1.807) is 48.1 Å². The van der Waals surface area contributed by atoms with Crippen LogP contribution in [0.4, 0.5) is 5.13 Å². The largest absolute Gasteiger partial charge is 0.300 e. The highest BCUT2D eigenvalue weighted by molar-refractivity contribution is 7.14. The zero-order chi connectivity index (χ0) is 18.8. The van der Waals surface area contributed by atoms with Crippen molar-refractivity contribution in [1.82, 2.24) is 19.7 Å². The van der Waals surface area contributed by atoms with Gasteiger partial charge in [0, 0.05) is 23.3 Å². The van der Waals surface area contributed by atoms with E-state index in [4.69, 9.17) is 0 Å². The third kappa shape index (κ3) is 3.40. The van der Waals surface area contributed by atoms with E-state index in [0.29, 0.717) is 16.2 Å². The lowest BCUT2D eigenvalue weighted by Crippen LogP contribution is -2.34. The molecule has 27 heavy (non-hydrogen) atoms. The molecular weight excluding hydrogens is 366 g/mol. The number of carbonyl (C=O) groups is 1. The van der Waals surface area contributed by atoms with Crippen LogP contribution >= 0.6 is 11.3 Å². The van der Waals surface area contributed by atoms with Crippen molar-refractivity contribution in [2.75, 3.05) is 5.32 Å². The van der Waals surface area contributed by atoms with Gasteiger partial charge in [0.05, 0.1) is 16.5 Å². The summed E-state index contributed by atoms with van der Waals surface area (Å²) in [6, 6.07) is 10.1. The minimum atomic E-state index is -0.463. The molecule has 4 rings (SSSR count). The molecule has 1 amide bonds. The number of hydrogen-bond acceptors (Lipinski definition) is 6. The summed E-state index contributed by atoms with van der Waals surface area (Å²) in [5.41, 5.74) is 0.672. The minimum Gasteiger partial charge on any atom is -0.300 e. The van der Waals surface area contributed by atoms with Gasteiger partial charge in [-0.25, -0.2) is 9.67 Å². The number of carbonyl (C=O) groups excluding carboxylic acids is 1. The first-order valence-corrected chi connectivity index (χ1v) is 8.87. The molecule has 0 saturated carbocycles. The monoisotopic (exact) mass is 379 g/mol. The normalized spacial score (nSPS) is 10.8. The number of nitrogens with one attached hydrogen (secondary N) is 2. The molecule has 0 bridgehead atoms. The van der Waals surface area contributed by atoms with E-state index in [1.807, 2.05) is 6.07 Å². The Balaban J connectivity index is 1.55. The highest BCUT2D eigenvalue weighted by Gasteiger charge is 2.12. The fraction of sp³-hybridized carbons (Fsp3) is 0.0556. The van der Waals surface area contributed by atoms with E-state index < -0.39 is 17.0 Å². The first kappa shape index (κ1) is 16.9. The molecular formula is C18H13N5O3S. The average molecular weight is 379 g/mol. The van der Waals surface area contributed by atoms with Gasteiger partial charge >= 0.3 is 0 Å². The summed E-state index contributed by atoms with van der Waals surface area (Å²) in [6.07, 6.45) is 3.35. The summed E-state index contributed by atoms with van der Waals surface area (Å²) in [6.45, 7) is -0.319. The maximum absolute atomic E-state index is 12.5. The number of pyridine rings is 1. The van der Waals surface area contributed by atoms with Crippen LogP contribution in [-0.2, 0) is 11.3 Å². The number of anilines is 1. The molecule has 0 spiro atoms. The minimum absolute atomic E-state index is 0.266.